The van der Waals surface area contributed by atoms with Crippen LogP contribution in [0.1, 0.15) is 18.2 Å². The Labute approximate surface area is 168 Å². The molecule has 0 radical (unpaired) electrons. The lowest BCUT2D eigenvalue weighted by Crippen LogP contribution is -2.29. The van der Waals surface area contributed by atoms with Crippen molar-refractivity contribution in [1.29, 1.82) is 0 Å². The van der Waals surface area contributed by atoms with Crippen LogP contribution in [-0.4, -0.2) is 47.9 Å². The summed E-state index contributed by atoms with van der Waals surface area (Å²) in [6.07, 6.45) is 3.87. The maximum absolute atomic E-state index is 13.0. The molecule has 1 atom stereocenters. The standard InChI is InChI=1S/C20H20N4O4S/c1-28-16-4-6-17(7-5-16)29(26,27)24-10-8-15(13-24)20-22-18(11-19(25)23-20)14-3-2-9-21-12-14/h2-7,9,11-12,15H,8,10,13H2,1H3,(H,22,23,25)/t15-/m1/s1. The van der Waals surface area contributed by atoms with Gasteiger partial charge in [0.25, 0.3) is 5.56 Å². The average molecular weight is 412 g/mol. The number of aromatic nitrogens is 3. The van der Waals surface area contributed by atoms with E-state index in [9.17, 15) is 13.2 Å². The molecule has 0 saturated carbocycles. The predicted octanol–water partition coefficient (Wildman–Crippen LogP) is 2.02. The molecule has 3 aromatic rings. The topological polar surface area (TPSA) is 105 Å². The first-order valence-corrected chi connectivity index (χ1v) is 10.6. The zero-order valence-corrected chi connectivity index (χ0v) is 16.6. The number of aromatic amines is 1. The first-order valence-electron chi connectivity index (χ1n) is 9.13. The Kier molecular flexibility index (Phi) is 5.16. The molecule has 29 heavy (non-hydrogen) atoms. The van der Waals surface area contributed by atoms with Crippen LogP contribution in [0.15, 0.2) is 64.5 Å². The molecule has 1 aliphatic heterocycles. The van der Waals surface area contributed by atoms with Crippen molar-refractivity contribution in [2.75, 3.05) is 20.2 Å². The van der Waals surface area contributed by atoms with Crippen LogP contribution in [0.5, 0.6) is 5.75 Å². The van der Waals surface area contributed by atoms with E-state index in [2.05, 4.69) is 15.0 Å². The van der Waals surface area contributed by atoms with Crippen LogP contribution in [-0.2, 0) is 10.0 Å². The van der Waals surface area contributed by atoms with Crippen molar-refractivity contribution in [3.63, 3.8) is 0 Å². The Balaban J connectivity index is 1.58. The van der Waals surface area contributed by atoms with Gasteiger partial charge in [-0.2, -0.15) is 4.31 Å². The number of sulfonamides is 1. The van der Waals surface area contributed by atoms with E-state index < -0.39 is 10.0 Å². The molecule has 0 aliphatic carbocycles. The van der Waals surface area contributed by atoms with Gasteiger partial charge in [-0.25, -0.2) is 13.4 Å². The number of hydrogen-bond donors (Lipinski definition) is 1. The first-order chi connectivity index (χ1) is 14.0. The molecule has 3 heterocycles. The normalized spacial score (nSPS) is 17.3. The zero-order chi connectivity index (χ0) is 20.4. The van der Waals surface area contributed by atoms with Gasteiger partial charge in [-0.3, -0.25) is 9.78 Å². The van der Waals surface area contributed by atoms with Crippen molar-refractivity contribution < 1.29 is 13.2 Å². The Bertz CT molecular complexity index is 1160. The predicted molar refractivity (Wildman–Crippen MR) is 107 cm³/mol. The SMILES string of the molecule is COc1ccc(S(=O)(=O)N2CC[C@@H](c3nc(-c4cccnc4)cc(=O)[nH]3)C2)cc1. The molecular weight excluding hydrogens is 392 g/mol. The molecule has 1 saturated heterocycles. The lowest BCUT2D eigenvalue weighted by atomic mass is 10.1. The summed E-state index contributed by atoms with van der Waals surface area (Å²) < 4.78 is 32.4. The van der Waals surface area contributed by atoms with E-state index in [-0.39, 0.29) is 22.9 Å². The molecule has 9 heteroatoms. The number of methoxy groups -OCH3 is 1. The van der Waals surface area contributed by atoms with Crippen LogP contribution >= 0.6 is 0 Å². The molecule has 1 fully saturated rings. The van der Waals surface area contributed by atoms with Gasteiger partial charge in [-0.15, -0.1) is 0 Å². The highest BCUT2D eigenvalue weighted by molar-refractivity contribution is 7.89. The van der Waals surface area contributed by atoms with Gasteiger partial charge in [0.1, 0.15) is 11.6 Å². The van der Waals surface area contributed by atoms with Crippen LogP contribution < -0.4 is 10.3 Å². The van der Waals surface area contributed by atoms with Gasteiger partial charge in [0.2, 0.25) is 10.0 Å². The summed E-state index contributed by atoms with van der Waals surface area (Å²) in [5.74, 6) is 0.897. The number of hydrogen-bond acceptors (Lipinski definition) is 6. The summed E-state index contributed by atoms with van der Waals surface area (Å²) in [5, 5.41) is 0. The zero-order valence-electron chi connectivity index (χ0n) is 15.8. The summed E-state index contributed by atoms with van der Waals surface area (Å²) in [6, 6.07) is 11.3. The largest absolute Gasteiger partial charge is 0.497 e. The Morgan fingerprint density at radius 1 is 1.21 bits per heavy atom. The van der Waals surface area contributed by atoms with E-state index in [0.717, 1.165) is 5.56 Å². The molecule has 1 N–H and O–H groups in total. The summed E-state index contributed by atoms with van der Waals surface area (Å²) in [6.45, 7) is 0.619. The number of nitrogens with zero attached hydrogens (tertiary/aromatic N) is 3. The molecule has 0 amide bonds. The fourth-order valence-corrected chi connectivity index (χ4v) is 4.90. The summed E-state index contributed by atoms with van der Waals surface area (Å²) in [5.41, 5.74) is 0.985. The van der Waals surface area contributed by atoms with Gasteiger partial charge in [-0.1, -0.05) is 0 Å². The van der Waals surface area contributed by atoms with E-state index in [1.165, 1.54) is 29.6 Å². The van der Waals surface area contributed by atoms with E-state index in [1.54, 1.807) is 30.6 Å². The van der Waals surface area contributed by atoms with Gasteiger partial charge in [-0.05, 0) is 42.8 Å². The molecule has 2 aromatic heterocycles. The molecule has 1 aliphatic rings. The summed E-state index contributed by atoms with van der Waals surface area (Å²) >= 11 is 0. The lowest BCUT2D eigenvalue weighted by molar-refractivity contribution is 0.414. The Morgan fingerprint density at radius 3 is 2.69 bits per heavy atom. The number of nitrogens with one attached hydrogen (secondary N) is 1. The molecule has 0 unspecified atom stereocenters. The summed E-state index contributed by atoms with van der Waals surface area (Å²) in [4.78, 5) is 23.7. The fourth-order valence-electron chi connectivity index (χ4n) is 3.40. The molecule has 0 bridgehead atoms. The second-order valence-electron chi connectivity index (χ2n) is 6.78. The van der Waals surface area contributed by atoms with Gasteiger partial charge >= 0.3 is 0 Å². The molecule has 150 valence electrons. The molecule has 4 rings (SSSR count). The van der Waals surface area contributed by atoms with Gasteiger partial charge < -0.3 is 9.72 Å². The van der Waals surface area contributed by atoms with Crippen LogP contribution in [0, 0.1) is 0 Å². The van der Waals surface area contributed by atoms with Gasteiger partial charge in [0.15, 0.2) is 0 Å². The number of rotatable bonds is 5. The van der Waals surface area contributed by atoms with Crippen LogP contribution in [0.25, 0.3) is 11.3 Å². The van der Waals surface area contributed by atoms with Gasteiger partial charge in [0, 0.05) is 43.0 Å². The molecule has 1 aromatic carbocycles. The average Bonchev–Trinajstić information content (AvgIpc) is 3.25. The van der Waals surface area contributed by atoms with E-state index >= 15 is 0 Å². The molecule has 8 nitrogen and oxygen atoms in total. The third kappa shape index (κ3) is 3.92. The summed E-state index contributed by atoms with van der Waals surface area (Å²) in [7, 11) is -2.10. The van der Waals surface area contributed by atoms with E-state index in [1.807, 2.05) is 6.07 Å². The number of ether oxygens (including phenoxy) is 1. The number of benzene rings is 1. The number of H-pyrrole nitrogens is 1. The quantitative estimate of drug-likeness (QED) is 0.687. The van der Waals surface area contributed by atoms with Crippen LogP contribution in [0.4, 0.5) is 0 Å². The van der Waals surface area contributed by atoms with E-state index in [0.29, 0.717) is 30.2 Å². The highest BCUT2D eigenvalue weighted by Crippen LogP contribution is 2.30. The smallest absolute Gasteiger partial charge is 0.251 e. The minimum atomic E-state index is -3.63. The van der Waals surface area contributed by atoms with Crippen molar-refractivity contribution >= 4 is 10.0 Å². The fraction of sp³-hybridized carbons (Fsp3) is 0.250. The van der Waals surface area contributed by atoms with E-state index in [4.69, 9.17) is 4.74 Å². The minimum absolute atomic E-state index is 0.188. The second kappa shape index (κ2) is 7.76. The van der Waals surface area contributed by atoms with Crippen molar-refractivity contribution in [3.05, 3.63) is 71.0 Å². The lowest BCUT2D eigenvalue weighted by Gasteiger charge is -2.17. The third-order valence-electron chi connectivity index (χ3n) is 4.95. The van der Waals surface area contributed by atoms with Crippen molar-refractivity contribution in [2.24, 2.45) is 0 Å². The maximum atomic E-state index is 13.0. The van der Waals surface area contributed by atoms with Crippen molar-refractivity contribution in [3.8, 4) is 17.0 Å². The molecule has 0 spiro atoms. The maximum Gasteiger partial charge on any atom is 0.251 e. The Morgan fingerprint density at radius 2 is 2.00 bits per heavy atom. The molecular formula is C20H20N4O4S. The van der Waals surface area contributed by atoms with Crippen molar-refractivity contribution in [2.45, 2.75) is 17.2 Å². The number of pyridine rings is 1. The highest BCUT2D eigenvalue weighted by Gasteiger charge is 2.34. The minimum Gasteiger partial charge on any atom is -0.497 e. The first kappa shape index (κ1) is 19.3. The highest BCUT2D eigenvalue weighted by atomic mass is 32.2. The second-order valence-corrected chi connectivity index (χ2v) is 8.72. The Hall–Kier alpha value is -3.04. The van der Waals surface area contributed by atoms with Crippen LogP contribution in [0.2, 0.25) is 0 Å². The third-order valence-corrected chi connectivity index (χ3v) is 6.83. The van der Waals surface area contributed by atoms with Crippen molar-refractivity contribution in [1.82, 2.24) is 19.3 Å². The monoisotopic (exact) mass is 412 g/mol. The van der Waals surface area contributed by atoms with Gasteiger partial charge in [0.05, 0.1) is 17.7 Å². The van der Waals surface area contributed by atoms with Crippen LogP contribution in [0.3, 0.4) is 0 Å².